The molecule has 1 unspecified atom stereocenters. The Bertz CT molecular complexity index is 1220. The number of nitrogens with zero attached hydrogens (tertiary/aromatic N) is 2. The number of amides is 5. The van der Waals surface area contributed by atoms with Crippen LogP contribution in [0.2, 0.25) is 0 Å². The Morgan fingerprint density at radius 1 is 0.977 bits per heavy atom. The van der Waals surface area contributed by atoms with Crippen LogP contribution in [0.25, 0.3) is 0 Å². The second-order valence-electron chi connectivity index (χ2n) is 10.5. The highest BCUT2D eigenvalue weighted by Crippen LogP contribution is 2.20. The second kappa shape index (κ2) is 15.6. The van der Waals surface area contributed by atoms with Crippen LogP contribution in [0.1, 0.15) is 47.0 Å². The van der Waals surface area contributed by atoms with Gasteiger partial charge in [-0.05, 0) is 44.7 Å². The third-order valence-corrected chi connectivity index (χ3v) is 6.85. The molecule has 236 valence electrons. The molecule has 5 amide bonds. The lowest BCUT2D eigenvalue weighted by molar-refractivity contribution is -0.384. The first kappa shape index (κ1) is 34.6. The maximum atomic E-state index is 13.2. The molecule has 0 spiro atoms. The highest BCUT2D eigenvalue weighted by Gasteiger charge is 2.38. The number of likely N-dealkylation sites (tertiary alicyclic amines) is 1. The average Bonchev–Trinajstić information content (AvgIpc) is 3.44. The van der Waals surface area contributed by atoms with Gasteiger partial charge in [-0.15, -0.1) is 0 Å². The fourth-order valence-electron chi connectivity index (χ4n) is 4.44. The molecular formula is C27H38N6O10. The van der Waals surface area contributed by atoms with Crippen molar-refractivity contribution in [3.8, 4) is 0 Å². The molecule has 16 nitrogen and oxygen atoms in total. The minimum atomic E-state index is -1.30. The minimum Gasteiger partial charge on any atom is -0.481 e. The summed E-state index contributed by atoms with van der Waals surface area (Å²) in [5.74, 6) is -4.73. The molecule has 1 aromatic rings. The Balaban J connectivity index is 2.00. The predicted octanol–water partition coefficient (Wildman–Crippen LogP) is 0.164. The lowest BCUT2D eigenvalue weighted by Crippen LogP contribution is -2.57. The molecule has 0 saturated carbocycles. The topological polar surface area (TPSA) is 226 Å². The number of anilines is 1. The van der Waals surface area contributed by atoms with Gasteiger partial charge in [0.15, 0.2) is 0 Å². The number of benzene rings is 1. The van der Waals surface area contributed by atoms with Crippen LogP contribution in [0.4, 0.5) is 11.4 Å². The maximum absolute atomic E-state index is 13.2. The monoisotopic (exact) mass is 606 g/mol. The number of carboxylic acids is 1. The van der Waals surface area contributed by atoms with Crippen molar-refractivity contribution in [1.29, 1.82) is 0 Å². The minimum absolute atomic E-state index is 0.141. The van der Waals surface area contributed by atoms with E-state index >= 15 is 0 Å². The van der Waals surface area contributed by atoms with Crippen LogP contribution in [-0.4, -0.2) is 94.4 Å². The van der Waals surface area contributed by atoms with E-state index in [9.17, 15) is 38.9 Å². The largest absolute Gasteiger partial charge is 0.481 e. The van der Waals surface area contributed by atoms with Crippen molar-refractivity contribution in [1.82, 2.24) is 20.9 Å². The zero-order valence-corrected chi connectivity index (χ0v) is 24.6. The van der Waals surface area contributed by atoms with Crippen LogP contribution in [-0.2, 0) is 33.5 Å². The summed E-state index contributed by atoms with van der Waals surface area (Å²) in [5, 5.41) is 29.9. The number of carboxylic acid groups (broad SMARTS) is 1. The SMILES string of the molecule is COC(CC(=O)O)C(=O)N[C@@H](C)C(=O)N[C@@H](C)C(=O)N1CCC[C@H]1C(=O)N[C@H](C(=O)Nc1ccc([N+](=O)[O-])cc1)C(C)C. The normalized spacial score (nSPS) is 17.3. The van der Waals surface area contributed by atoms with Gasteiger partial charge in [0.05, 0.1) is 11.3 Å². The zero-order chi connectivity index (χ0) is 32.4. The summed E-state index contributed by atoms with van der Waals surface area (Å²) in [6.07, 6.45) is -1.05. The van der Waals surface area contributed by atoms with E-state index in [4.69, 9.17) is 9.84 Å². The highest BCUT2D eigenvalue weighted by atomic mass is 16.6. The van der Waals surface area contributed by atoms with E-state index in [0.29, 0.717) is 18.5 Å². The maximum Gasteiger partial charge on any atom is 0.306 e. The molecule has 0 aromatic heterocycles. The lowest BCUT2D eigenvalue weighted by Gasteiger charge is -2.30. The number of carbonyl (C=O) groups excluding carboxylic acids is 5. The first-order valence-electron chi connectivity index (χ1n) is 13.7. The van der Waals surface area contributed by atoms with Gasteiger partial charge in [-0.1, -0.05) is 13.8 Å². The van der Waals surface area contributed by atoms with Crippen molar-refractivity contribution in [3.05, 3.63) is 34.4 Å². The average molecular weight is 607 g/mol. The standard InChI is InChI=1S/C27H38N6O10/c1-14(2)22(26(39)30-17-8-10-18(11-9-17)33(41)42)31-24(37)19-7-6-12-32(19)27(40)16(4)29-23(36)15(3)28-25(38)20(43-5)13-21(34)35/h8-11,14-16,19-20,22H,6-7,12-13H2,1-5H3,(H,28,38)(H,29,36)(H,30,39)(H,31,37)(H,34,35)/t15-,16-,19-,20?,22-/m0/s1. The Kier molecular flexibility index (Phi) is 12.5. The smallest absolute Gasteiger partial charge is 0.306 e. The fourth-order valence-corrected chi connectivity index (χ4v) is 4.44. The molecule has 5 atom stereocenters. The van der Waals surface area contributed by atoms with E-state index in [0.717, 1.165) is 7.11 Å². The Labute approximate surface area is 248 Å². The van der Waals surface area contributed by atoms with Crippen LogP contribution in [0.3, 0.4) is 0 Å². The van der Waals surface area contributed by atoms with Crippen LogP contribution in [0, 0.1) is 16.0 Å². The van der Waals surface area contributed by atoms with Crippen molar-refractivity contribution in [3.63, 3.8) is 0 Å². The molecule has 16 heteroatoms. The van der Waals surface area contributed by atoms with Crippen LogP contribution >= 0.6 is 0 Å². The molecular weight excluding hydrogens is 568 g/mol. The number of nitrogens with one attached hydrogen (secondary N) is 4. The molecule has 1 saturated heterocycles. The fraction of sp³-hybridized carbons (Fsp3) is 0.556. The van der Waals surface area contributed by atoms with Gasteiger partial charge in [0.1, 0.15) is 30.3 Å². The molecule has 1 aliphatic heterocycles. The molecule has 1 aromatic carbocycles. The molecule has 0 radical (unpaired) electrons. The number of nitro groups is 1. The number of hydrogen-bond acceptors (Lipinski definition) is 9. The van der Waals surface area contributed by atoms with Gasteiger partial charge in [-0.2, -0.15) is 0 Å². The number of rotatable bonds is 14. The van der Waals surface area contributed by atoms with E-state index in [2.05, 4.69) is 21.3 Å². The van der Waals surface area contributed by atoms with Crippen LogP contribution in [0.5, 0.6) is 0 Å². The molecule has 43 heavy (non-hydrogen) atoms. The van der Waals surface area contributed by atoms with Crippen molar-refractivity contribution in [2.75, 3.05) is 19.0 Å². The number of carbonyl (C=O) groups is 6. The highest BCUT2D eigenvalue weighted by molar-refractivity contribution is 5.99. The van der Waals surface area contributed by atoms with Crippen molar-refractivity contribution in [2.24, 2.45) is 5.92 Å². The summed E-state index contributed by atoms with van der Waals surface area (Å²) >= 11 is 0. The number of nitro benzene ring substituents is 1. The Morgan fingerprint density at radius 2 is 1.58 bits per heavy atom. The summed E-state index contributed by atoms with van der Waals surface area (Å²) in [6.45, 7) is 6.49. The van der Waals surface area contributed by atoms with Crippen LogP contribution < -0.4 is 21.3 Å². The molecule has 1 fully saturated rings. The summed E-state index contributed by atoms with van der Waals surface area (Å²) in [4.78, 5) is 86.8. The number of methoxy groups -OCH3 is 1. The van der Waals surface area contributed by atoms with Gasteiger partial charge >= 0.3 is 5.97 Å². The molecule has 0 bridgehead atoms. The summed E-state index contributed by atoms with van der Waals surface area (Å²) in [5.41, 5.74) is 0.167. The van der Waals surface area contributed by atoms with Gasteiger partial charge in [0, 0.05) is 31.5 Å². The van der Waals surface area contributed by atoms with E-state index in [1.165, 1.54) is 43.0 Å². The molecule has 1 heterocycles. The molecule has 0 aliphatic carbocycles. The summed E-state index contributed by atoms with van der Waals surface area (Å²) in [7, 11) is 1.16. The van der Waals surface area contributed by atoms with Gasteiger partial charge in [-0.25, -0.2) is 0 Å². The third-order valence-electron chi connectivity index (χ3n) is 6.85. The van der Waals surface area contributed by atoms with Crippen molar-refractivity contribution >= 4 is 46.9 Å². The van der Waals surface area contributed by atoms with E-state index in [1.807, 2.05) is 0 Å². The number of hydrogen-bond donors (Lipinski definition) is 5. The third kappa shape index (κ3) is 9.73. The summed E-state index contributed by atoms with van der Waals surface area (Å²) in [6, 6.07) is 1.18. The van der Waals surface area contributed by atoms with Gasteiger partial charge in [0.25, 0.3) is 5.69 Å². The quantitative estimate of drug-likeness (QED) is 0.142. The van der Waals surface area contributed by atoms with E-state index in [-0.39, 0.29) is 18.2 Å². The second-order valence-corrected chi connectivity index (χ2v) is 10.5. The zero-order valence-electron chi connectivity index (χ0n) is 24.6. The number of ether oxygens (including phenoxy) is 1. The van der Waals surface area contributed by atoms with Crippen molar-refractivity contribution in [2.45, 2.75) is 77.2 Å². The lowest BCUT2D eigenvalue weighted by atomic mass is 10.0. The molecule has 5 N–H and O–H groups in total. The Hall–Kier alpha value is -4.60. The van der Waals surface area contributed by atoms with Crippen molar-refractivity contribution < 1.29 is 43.5 Å². The van der Waals surface area contributed by atoms with Gasteiger partial charge in [0.2, 0.25) is 29.5 Å². The first-order chi connectivity index (χ1) is 20.2. The van der Waals surface area contributed by atoms with E-state index in [1.54, 1.807) is 13.8 Å². The Morgan fingerprint density at radius 3 is 2.12 bits per heavy atom. The molecule has 1 aliphatic rings. The molecule has 2 rings (SSSR count). The number of aliphatic carboxylic acids is 1. The van der Waals surface area contributed by atoms with Gasteiger partial charge < -0.3 is 36.0 Å². The number of non-ortho nitro benzene ring substituents is 1. The first-order valence-corrected chi connectivity index (χ1v) is 13.7. The van der Waals surface area contributed by atoms with Gasteiger partial charge in [-0.3, -0.25) is 38.9 Å². The van der Waals surface area contributed by atoms with Crippen LogP contribution in [0.15, 0.2) is 24.3 Å². The predicted molar refractivity (Wildman–Crippen MR) is 151 cm³/mol. The summed E-state index contributed by atoms with van der Waals surface area (Å²) < 4.78 is 4.85. The van der Waals surface area contributed by atoms with E-state index < -0.39 is 77.1 Å².